The summed E-state index contributed by atoms with van der Waals surface area (Å²) in [6.07, 6.45) is 4.14. The third-order valence-electron chi connectivity index (χ3n) is 2.93. The lowest BCUT2D eigenvalue weighted by atomic mass is 9.97. The molecule has 5 nitrogen and oxygen atoms in total. The highest BCUT2D eigenvalue weighted by atomic mass is 32.2. The van der Waals surface area contributed by atoms with Gasteiger partial charge in [0.15, 0.2) is 0 Å². The summed E-state index contributed by atoms with van der Waals surface area (Å²) >= 11 is 1.76. The molecule has 1 aliphatic rings. The zero-order valence-electron chi connectivity index (χ0n) is 10.1. The zero-order chi connectivity index (χ0) is 12.7. The first-order valence-corrected chi connectivity index (χ1v) is 7.29. The van der Waals surface area contributed by atoms with E-state index in [1.807, 2.05) is 6.26 Å². The number of rotatable bonds is 5. The molecule has 0 bridgehead atoms. The van der Waals surface area contributed by atoms with Gasteiger partial charge in [0.2, 0.25) is 0 Å². The molecule has 0 aromatic rings. The fraction of sp³-hybridized carbons (Fsp3) is 0.818. The van der Waals surface area contributed by atoms with E-state index in [0.717, 1.165) is 12.2 Å². The number of amides is 2. The molecule has 0 atom stereocenters. The SMILES string of the molecule is CSCCCNC(=O)N1CCC(C(=O)O)CC1. The van der Waals surface area contributed by atoms with Crippen molar-refractivity contribution in [2.75, 3.05) is 31.6 Å². The number of likely N-dealkylation sites (tertiary alicyclic amines) is 1. The predicted octanol–water partition coefficient (Wildman–Crippen LogP) is 1.25. The maximum absolute atomic E-state index is 11.7. The average Bonchev–Trinajstić information content (AvgIpc) is 2.34. The van der Waals surface area contributed by atoms with Gasteiger partial charge in [-0.25, -0.2) is 4.79 Å². The number of urea groups is 1. The largest absolute Gasteiger partial charge is 0.481 e. The van der Waals surface area contributed by atoms with E-state index in [1.165, 1.54) is 0 Å². The van der Waals surface area contributed by atoms with Gasteiger partial charge >= 0.3 is 12.0 Å². The Morgan fingerprint density at radius 2 is 2.06 bits per heavy atom. The van der Waals surface area contributed by atoms with Gasteiger partial charge in [-0.15, -0.1) is 0 Å². The molecule has 17 heavy (non-hydrogen) atoms. The molecule has 0 radical (unpaired) electrons. The number of thioether (sulfide) groups is 1. The van der Waals surface area contributed by atoms with Crippen LogP contribution in [0.2, 0.25) is 0 Å². The molecule has 2 amide bonds. The van der Waals surface area contributed by atoms with E-state index in [1.54, 1.807) is 16.7 Å². The van der Waals surface area contributed by atoms with Crippen LogP contribution in [0.15, 0.2) is 0 Å². The monoisotopic (exact) mass is 260 g/mol. The van der Waals surface area contributed by atoms with Crippen LogP contribution in [0.5, 0.6) is 0 Å². The van der Waals surface area contributed by atoms with Crippen LogP contribution in [-0.2, 0) is 4.79 Å². The molecule has 1 aliphatic heterocycles. The maximum atomic E-state index is 11.7. The Hall–Kier alpha value is -0.910. The third kappa shape index (κ3) is 4.85. The lowest BCUT2D eigenvalue weighted by Gasteiger charge is -2.30. The minimum absolute atomic E-state index is 0.0602. The highest BCUT2D eigenvalue weighted by Gasteiger charge is 2.26. The fourth-order valence-electron chi connectivity index (χ4n) is 1.85. The second-order valence-electron chi connectivity index (χ2n) is 4.18. The molecule has 0 aromatic heterocycles. The van der Waals surface area contributed by atoms with Crippen molar-refractivity contribution < 1.29 is 14.7 Å². The molecule has 1 saturated heterocycles. The summed E-state index contributed by atoms with van der Waals surface area (Å²) in [4.78, 5) is 24.2. The molecule has 1 rings (SSSR count). The van der Waals surface area contributed by atoms with Gasteiger partial charge < -0.3 is 15.3 Å². The van der Waals surface area contributed by atoms with E-state index in [4.69, 9.17) is 5.11 Å². The van der Waals surface area contributed by atoms with E-state index < -0.39 is 5.97 Å². The topological polar surface area (TPSA) is 69.6 Å². The first-order chi connectivity index (χ1) is 8.15. The van der Waals surface area contributed by atoms with Gasteiger partial charge in [0.05, 0.1) is 5.92 Å². The molecule has 1 heterocycles. The maximum Gasteiger partial charge on any atom is 0.317 e. The molecule has 0 spiro atoms. The van der Waals surface area contributed by atoms with E-state index in [0.29, 0.717) is 32.5 Å². The number of piperidine rings is 1. The third-order valence-corrected chi connectivity index (χ3v) is 3.63. The lowest BCUT2D eigenvalue weighted by Crippen LogP contribution is -2.45. The Bertz CT molecular complexity index is 265. The Kier molecular flexibility index (Phi) is 6.18. The number of carbonyl (C=O) groups excluding carboxylic acids is 1. The molecule has 0 saturated carbocycles. The number of hydrogen-bond acceptors (Lipinski definition) is 3. The number of carboxylic acids is 1. The van der Waals surface area contributed by atoms with Crippen LogP contribution in [0.1, 0.15) is 19.3 Å². The van der Waals surface area contributed by atoms with E-state index in [-0.39, 0.29) is 11.9 Å². The standard InChI is InChI=1S/C11H20N2O3S/c1-17-8-2-5-12-11(16)13-6-3-9(4-7-13)10(14)15/h9H,2-8H2,1H3,(H,12,16)(H,14,15). The Morgan fingerprint density at radius 1 is 1.41 bits per heavy atom. The van der Waals surface area contributed by atoms with Gasteiger partial charge in [0.1, 0.15) is 0 Å². The Morgan fingerprint density at radius 3 is 2.59 bits per heavy atom. The molecule has 98 valence electrons. The second kappa shape index (κ2) is 7.42. The number of carboxylic acid groups (broad SMARTS) is 1. The fourth-order valence-corrected chi connectivity index (χ4v) is 2.29. The van der Waals surface area contributed by atoms with Crippen LogP contribution in [0, 0.1) is 5.92 Å². The van der Waals surface area contributed by atoms with E-state index in [2.05, 4.69) is 5.32 Å². The van der Waals surface area contributed by atoms with Gasteiger partial charge in [-0.2, -0.15) is 11.8 Å². The highest BCUT2D eigenvalue weighted by Crippen LogP contribution is 2.17. The zero-order valence-corrected chi connectivity index (χ0v) is 11.0. The number of carbonyl (C=O) groups is 2. The van der Waals surface area contributed by atoms with Crippen molar-refractivity contribution in [2.45, 2.75) is 19.3 Å². The quantitative estimate of drug-likeness (QED) is 0.730. The van der Waals surface area contributed by atoms with Crippen molar-refractivity contribution in [1.82, 2.24) is 10.2 Å². The number of aliphatic carboxylic acids is 1. The molecule has 0 aliphatic carbocycles. The molecule has 2 N–H and O–H groups in total. The lowest BCUT2D eigenvalue weighted by molar-refractivity contribution is -0.143. The summed E-state index contributed by atoms with van der Waals surface area (Å²) in [7, 11) is 0. The molecular formula is C11H20N2O3S. The van der Waals surface area contributed by atoms with Crippen molar-refractivity contribution in [2.24, 2.45) is 5.92 Å². The first kappa shape index (κ1) is 14.2. The number of nitrogens with zero attached hydrogens (tertiary/aromatic N) is 1. The second-order valence-corrected chi connectivity index (χ2v) is 5.16. The first-order valence-electron chi connectivity index (χ1n) is 5.89. The molecular weight excluding hydrogens is 240 g/mol. The van der Waals surface area contributed by atoms with Crippen LogP contribution in [0.25, 0.3) is 0 Å². The van der Waals surface area contributed by atoms with Gasteiger partial charge in [0, 0.05) is 19.6 Å². The molecule has 6 heteroatoms. The van der Waals surface area contributed by atoms with Gasteiger partial charge in [0.25, 0.3) is 0 Å². The van der Waals surface area contributed by atoms with Crippen LogP contribution in [0.4, 0.5) is 4.79 Å². The van der Waals surface area contributed by atoms with Crippen molar-refractivity contribution in [3.05, 3.63) is 0 Å². The van der Waals surface area contributed by atoms with Crippen LogP contribution < -0.4 is 5.32 Å². The van der Waals surface area contributed by atoms with Crippen molar-refractivity contribution in [3.63, 3.8) is 0 Å². The van der Waals surface area contributed by atoms with E-state index in [9.17, 15) is 9.59 Å². The van der Waals surface area contributed by atoms with Crippen LogP contribution >= 0.6 is 11.8 Å². The highest BCUT2D eigenvalue weighted by molar-refractivity contribution is 7.98. The van der Waals surface area contributed by atoms with Gasteiger partial charge in [-0.1, -0.05) is 0 Å². The summed E-state index contributed by atoms with van der Waals surface area (Å²) in [5.74, 6) is 0.0158. The van der Waals surface area contributed by atoms with Crippen LogP contribution in [0.3, 0.4) is 0 Å². The number of nitrogens with one attached hydrogen (secondary N) is 1. The Labute approximate surface area is 106 Å². The minimum atomic E-state index is -0.745. The summed E-state index contributed by atoms with van der Waals surface area (Å²) < 4.78 is 0. The molecule has 1 fully saturated rings. The van der Waals surface area contributed by atoms with Gasteiger partial charge in [-0.05, 0) is 31.3 Å². The average molecular weight is 260 g/mol. The minimum Gasteiger partial charge on any atom is -0.481 e. The van der Waals surface area contributed by atoms with Gasteiger partial charge in [-0.3, -0.25) is 4.79 Å². The number of hydrogen-bond donors (Lipinski definition) is 2. The predicted molar refractivity (Wildman–Crippen MR) is 68.3 cm³/mol. The summed E-state index contributed by atoms with van der Waals surface area (Å²) in [6, 6.07) is -0.0602. The normalized spacial score (nSPS) is 16.9. The molecule has 0 unspecified atom stereocenters. The summed E-state index contributed by atoms with van der Waals surface area (Å²) in [5.41, 5.74) is 0. The Balaban J connectivity index is 2.19. The van der Waals surface area contributed by atoms with Crippen molar-refractivity contribution >= 4 is 23.8 Å². The molecule has 0 aromatic carbocycles. The smallest absolute Gasteiger partial charge is 0.317 e. The summed E-state index contributed by atoms with van der Waals surface area (Å²) in [5, 5.41) is 11.7. The van der Waals surface area contributed by atoms with Crippen molar-refractivity contribution in [1.29, 1.82) is 0 Å². The van der Waals surface area contributed by atoms with Crippen LogP contribution in [-0.4, -0.2) is 53.6 Å². The van der Waals surface area contributed by atoms with Crippen molar-refractivity contribution in [3.8, 4) is 0 Å². The van der Waals surface area contributed by atoms with E-state index >= 15 is 0 Å². The summed E-state index contributed by atoms with van der Waals surface area (Å²) in [6.45, 7) is 1.79.